The van der Waals surface area contributed by atoms with E-state index in [1.807, 2.05) is 12.1 Å². The SMILES string of the molecule is O=C(NCc1ccncc1)c1cncc(C(=O)N2CCCC2)c1. The third kappa shape index (κ3) is 3.71. The highest BCUT2D eigenvalue weighted by molar-refractivity contribution is 5.99. The summed E-state index contributed by atoms with van der Waals surface area (Å²) in [6.07, 6.45) is 8.41. The molecule has 2 aromatic heterocycles. The Labute approximate surface area is 134 Å². The van der Waals surface area contributed by atoms with Crippen molar-refractivity contribution in [3.63, 3.8) is 0 Å². The van der Waals surface area contributed by atoms with Crippen LogP contribution in [0.1, 0.15) is 39.1 Å². The highest BCUT2D eigenvalue weighted by Crippen LogP contribution is 2.13. The molecule has 0 aromatic carbocycles. The van der Waals surface area contributed by atoms with Gasteiger partial charge < -0.3 is 10.2 Å². The maximum atomic E-state index is 12.3. The van der Waals surface area contributed by atoms with Crippen LogP contribution in [0.5, 0.6) is 0 Å². The molecule has 0 aliphatic carbocycles. The first-order chi connectivity index (χ1) is 11.2. The van der Waals surface area contributed by atoms with Crippen molar-refractivity contribution < 1.29 is 9.59 Å². The van der Waals surface area contributed by atoms with Gasteiger partial charge in [0.1, 0.15) is 0 Å². The van der Waals surface area contributed by atoms with Gasteiger partial charge in [0, 0.05) is 44.4 Å². The molecular formula is C17H18N4O2. The zero-order chi connectivity index (χ0) is 16.1. The third-order valence-corrected chi connectivity index (χ3v) is 3.84. The molecular weight excluding hydrogens is 292 g/mol. The van der Waals surface area contributed by atoms with Crippen LogP contribution in [0.25, 0.3) is 0 Å². The quantitative estimate of drug-likeness (QED) is 0.931. The molecule has 6 heteroatoms. The van der Waals surface area contributed by atoms with Crippen LogP contribution in [-0.4, -0.2) is 39.8 Å². The maximum Gasteiger partial charge on any atom is 0.255 e. The lowest BCUT2D eigenvalue weighted by atomic mass is 10.1. The number of carbonyl (C=O) groups excluding carboxylic acids is 2. The summed E-state index contributed by atoms with van der Waals surface area (Å²) in [6.45, 7) is 1.96. The number of rotatable bonds is 4. The fraction of sp³-hybridized carbons (Fsp3) is 0.294. The summed E-state index contributed by atoms with van der Waals surface area (Å²) in [5.74, 6) is -0.302. The van der Waals surface area contributed by atoms with E-state index in [4.69, 9.17) is 0 Å². The van der Waals surface area contributed by atoms with Crippen LogP contribution in [0.4, 0.5) is 0 Å². The van der Waals surface area contributed by atoms with E-state index in [2.05, 4.69) is 15.3 Å². The Hall–Kier alpha value is -2.76. The van der Waals surface area contributed by atoms with E-state index in [9.17, 15) is 9.59 Å². The van der Waals surface area contributed by atoms with Gasteiger partial charge in [-0.15, -0.1) is 0 Å². The molecule has 1 fully saturated rings. The molecule has 1 aliphatic rings. The molecule has 6 nitrogen and oxygen atoms in total. The number of carbonyl (C=O) groups is 2. The molecule has 1 N–H and O–H groups in total. The fourth-order valence-electron chi connectivity index (χ4n) is 2.57. The number of nitrogens with zero attached hydrogens (tertiary/aromatic N) is 3. The Kier molecular flexibility index (Phi) is 4.61. The minimum absolute atomic E-state index is 0.0567. The van der Waals surface area contributed by atoms with Crippen LogP contribution in [0, 0.1) is 0 Å². The van der Waals surface area contributed by atoms with E-state index in [-0.39, 0.29) is 11.8 Å². The smallest absolute Gasteiger partial charge is 0.255 e. The average molecular weight is 310 g/mol. The molecule has 118 valence electrons. The van der Waals surface area contributed by atoms with Crippen LogP contribution in [0.3, 0.4) is 0 Å². The topological polar surface area (TPSA) is 75.2 Å². The van der Waals surface area contributed by atoms with Crippen LogP contribution in [0.2, 0.25) is 0 Å². The first-order valence-corrected chi connectivity index (χ1v) is 7.65. The number of amides is 2. The number of hydrogen-bond donors (Lipinski definition) is 1. The minimum Gasteiger partial charge on any atom is -0.348 e. The lowest BCUT2D eigenvalue weighted by Gasteiger charge is -2.15. The van der Waals surface area contributed by atoms with Crippen molar-refractivity contribution in [3.8, 4) is 0 Å². The van der Waals surface area contributed by atoms with Gasteiger partial charge in [-0.2, -0.15) is 0 Å². The molecule has 2 aromatic rings. The van der Waals surface area contributed by atoms with Gasteiger partial charge in [0.15, 0.2) is 0 Å². The molecule has 3 rings (SSSR count). The summed E-state index contributed by atoms with van der Waals surface area (Å²) in [4.78, 5) is 34.3. The summed E-state index contributed by atoms with van der Waals surface area (Å²) in [5.41, 5.74) is 1.82. The van der Waals surface area contributed by atoms with Crippen molar-refractivity contribution in [2.45, 2.75) is 19.4 Å². The molecule has 23 heavy (non-hydrogen) atoms. The number of hydrogen-bond acceptors (Lipinski definition) is 4. The molecule has 0 radical (unpaired) electrons. The summed E-state index contributed by atoms with van der Waals surface area (Å²) in [7, 11) is 0. The molecule has 3 heterocycles. The van der Waals surface area contributed by atoms with Crippen molar-refractivity contribution in [1.82, 2.24) is 20.2 Å². The monoisotopic (exact) mass is 310 g/mol. The molecule has 1 saturated heterocycles. The Morgan fingerprint density at radius 1 is 1.04 bits per heavy atom. The van der Waals surface area contributed by atoms with Crippen LogP contribution < -0.4 is 5.32 Å². The predicted octanol–water partition coefficient (Wildman–Crippen LogP) is 1.64. The van der Waals surface area contributed by atoms with Gasteiger partial charge in [-0.3, -0.25) is 19.6 Å². The Morgan fingerprint density at radius 2 is 1.74 bits per heavy atom. The molecule has 0 spiro atoms. The highest BCUT2D eigenvalue weighted by Gasteiger charge is 2.20. The van der Waals surface area contributed by atoms with E-state index < -0.39 is 0 Å². The summed E-state index contributed by atoms with van der Waals surface area (Å²) in [6, 6.07) is 5.28. The summed E-state index contributed by atoms with van der Waals surface area (Å²) in [5, 5.41) is 2.82. The average Bonchev–Trinajstić information content (AvgIpc) is 3.14. The zero-order valence-electron chi connectivity index (χ0n) is 12.7. The zero-order valence-corrected chi connectivity index (χ0v) is 12.7. The van der Waals surface area contributed by atoms with Crippen LogP contribution in [0.15, 0.2) is 43.0 Å². The second kappa shape index (κ2) is 7.00. The van der Waals surface area contributed by atoms with Gasteiger partial charge >= 0.3 is 0 Å². The highest BCUT2D eigenvalue weighted by atomic mass is 16.2. The van der Waals surface area contributed by atoms with Gasteiger partial charge in [-0.05, 0) is 36.6 Å². The Balaban J connectivity index is 1.66. The summed E-state index contributed by atoms with van der Waals surface area (Å²) >= 11 is 0. The first-order valence-electron chi connectivity index (χ1n) is 7.65. The van der Waals surface area contributed by atoms with Gasteiger partial charge in [-0.25, -0.2) is 0 Å². The van der Waals surface area contributed by atoms with Crippen LogP contribution in [-0.2, 0) is 6.54 Å². The van der Waals surface area contributed by atoms with E-state index in [0.29, 0.717) is 17.7 Å². The molecule has 0 saturated carbocycles. The second-order valence-corrected chi connectivity index (χ2v) is 5.50. The van der Waals surface area contributed by atoms with Gasteiger partial charge in [-0.1, -0.05) is 0 Å². The van der Waals surface area contributed by atoms with E-state index in [0.717, 1.165) is 31.5 Å². The number of nitrogens with one attached hydrogen (secondary N) is 1. The van der Waals surface area contributed by atoms with Crippen LogP contribution >= 0.6 is 0 Å². The van der Waals surface area contributed by atoms with E-state index in [1.54, 1.807) is 23.4 Å². The molecule has 0 atom stereocenters. The second-order valence-electron chi connectivity index (χ2n) is 5.50. The molecule has 0 unspecified atom stereocenters. The minimum atomic E-state index is -0.245. The van der Waals surface area contributed by atoms with Crippen molar-refractivity contribution >= 4 is 11.8 Å². The summed E-state index contributed by atoms with van der Waals surface area (Å²) < 4.78 is 0. The van der Waals surface area contributed by atoms with E-state index >= 15 is 0 Å². The predicted molar refractivity (Wildman–Crippen MR) is 84.8 cm³/mol. The Morgan fingerprint density at radius 3 is 2.48 bits per heavy atom. The third-order valence-electron chi connectivity index (χ3n) is 3.84. The Bertz CT molecular complexity index is 697. The standard InChI is InChI=1S/C17H18N4O2/c22-16(20-10-13-3-5-18-6-4-13)14-9-15(12-19-11-14)17(23)21-7-1-2-8-21/h3-6,9,11-12H,1-2,7-8,10H2,(H,20,22). The lowest BCUT2D eigenvalue weighted by molar-refractivity contribution is 0.0792. The molecule has 2 amide bonds. The number of aromatic nitrogens is 2. The normalized spacial score (nSPS) is 13.8. The maximum absolute atomic E-state index is 12.3. The van der Waals surface area contributed by atoms with Gasteiger partial charge in [0.05, 0.1) is 11.1 Å². The van der Waals surface area contributed by atoms with E-state index in [1.165, 1.54) is 12.4 Å². The van der Waals surface area contributed by atoms with Gasteiger partial charge in [0.25, 0.3) is 11.8 Å². The lowest BCUT2D eigenvalue weighted by Crippen LogP contribution is -2.28. The van der Waals surface area contributed by atoms with Crippen molar-refractivity contribution in [2.75, 3.05) is 13.1 Å². The molecule has 0 bridgehead atoms. The molecule has 1 aliphatic heterocycles. The first kappa shape index (κ1) is 15.1. The van der Waals surface area contributed by atoms with Crippen molar-refractivity contribution in [3.05, 3.63) is 59.7 Å². The van der Waals surface area contributed by atoms with Gasteiger partial charge in [0.2, 0.25) is 0 Å². The fourth-order valence-corrected chi connectivity index (χ4v) is 2.57. The van der Waals surface area contributed by atoms with Crippen molar-refractivity contribution in [1.29, 1.82) is 0 Å². The largest absolute Gasteiger partial charge is 0.348 e. The van der Waals surface area contributed by atoms with Crippen molar-refractivity contribution in [2.24, 2.45) is 0 Å². The number of pyridine rings is 2. The number of likely N-dealkylation sites (tertiary alicyclic amines) is 1.